The van der Waals surface area contributed by atoms with Crippen molar-refractivity contribution in [3.8, 4) is 0 Å². The average molecular weight is 261 g/mol. The number of thiophene rings is 1. The number of Topliss-reactive ketones (excluding diaryl/α,β-unsaturated/α-hetero) is 1. The molecule has 1 rings (SSSR count). The van der Waals surface area contributed by atoms with Gasteiger partial charge >= 0.3 is 0 Å². The minimum absolute atomic E-state index is 0.0116. The van der Waals surface area contributed by atoms with Gasteiger partial charge in [0.1, 0.15) is 6.61 Å². The Balaban J connectivity index is 2.44. The number of carbonyl (C=O) groups excluding carboxylic acids is 1. The van der Waals surface area contributed by atoms with Crippen LogP contribution in [-0.4, -0.2) is 19.0 Å². The highest BCUT2D eigenvalue weighted by atomic mass is 79.9. The van der Waals surface area contributed by atoms with Crippen LogP contribution in [0.25, 0.3) is 0 Å². The second-order valence-corrected chi connectivity index (χ2v) is 4.79. The van der Waals surface area contributed by atoms with Crippen LogP contribution in [0.5, 0.6) is 0 Å². The van der Waals surface area contributed by atoms with Crippen LogP contribution >= 0.6 is 27.3 Å². The van der Waals surface area contributed by atoms with Crippen molar-refractivity contribution in [3.05, 3.63) is 33.5 Å². The van der Waals surface area contributed by atoms with Crippen molar-refractivity contribution in [1.82, 2.24) is 0 Å². The minimum atomic E-state index is 0.0116. The SMILES string of the molecule is C=CCOCC(=O)c1ccc(Br)s1. The van der Waals surface area contributed by atoms with Crippen LogP contribution in [0, 0.1) is 0 Å². The van der Waals surface area contributed by atoms with Crippen LogP contribution in [0.4, 0.5) is 0 Å². The van der Waals surface area contributed by atoms with E-state index in [1.807, 2.05) is 6.07 Å². The molecule has 4 heteroatoms. The lowest BCUT2D eigenvalue weighted by Crippen LogP contribution is -2.07. The normalized spacial score (nSPS) is 9.92. The predicted molar refractivity (Wildman–Crippen MR) is 57.4 cm³/mol. The van der Waals surface area contributed by atoms with E-state index < -0.39 is 0 Å². The molecular formula is C9H9BrO2S. The summed E-state index contributed by atoms with van der Waals surface area (Å²) in [6.45, 7) is 4.03. The van der Waals surface area contributed by atoms with Gasteiger partial charge in [-0.1, -0.05) is 6.08 Å². The van der Waals surface area contributed by atoms with E-state index in [-0.39, 0.29) is 12.4 Å². The molecule has 0 aromatic carbocycles. The van der Waals surface area contributed by atoms with Crippen LogP contribution in [0.1, 0.15) is 9.67 Å². The molecule has 0 saturated carbocycles. The molecule has 0 N–H and O–H groups in total. The van der Waals surface area contributed by atoms with Crippen LogP contribution in [0.15, 0.2) is 28.6 Å². The third-order valence-corrected chi connectivity index (χ3v) is 2.98. The van der Waals surface area contributed by atoms with Crippen molar-refractivity contribution in [2.45, 2.75) is 0 Å². The van der Waals surface area contributed by atoms with Crippen molar-refractivity contribution in [3.63, 3.8) is 0 Å². The molecule has 70 valence electrons. The monoisotopic (exact) mass is 260 g/mol. The van der Waals surface area contributed by atoms with Crippen molar-refractivity contribution < 1.29 is 9.53 Å². The summed E-state index contributed by atoms with van der Waals surface area (Å²) in [5, 5.41) is 0. The molecule has 0 spiro atoms. The summed E-state index contributed by atoms with van der Waals surface area (Å²) < 4.78 is 5.99. The van der Waals surface area contributed by atoms with E-state index >= 15 is 0 Å². The van der Waals surface area contributed by atoms with Gasteiger partial charge in [-0.3, -0.25) is 4.79 Å². The van der Waals surface area contributed by atoms with E-state index in [0.717, 1.165) is 8.66 Å². The molecule has 0 fully saturated rings. The molecule has 0 bridgehead atoms. The summed E-state index contributed by atoms with van der Waals surface area (Å²) in [5.74, 6) is 0.0116. The quantitative estimate of drug-likeness (QED) is 0.463. The van der Waals surface area contributed by atoms with Crippen LogP contribution < -0.4 is 0 Å². The highest BCUT2D eigenvalue weighted by molar-refractivity contribution is 9.11. The molecule has 0 aliphatic rings. The lowest BCUT2D eigenvalue weighted by atomic mass is 10.3. The van der Waals surface area contributed by atoms with E-state index in [1.54, 1.807) is 12.1 Å². The first-order valence-corrected chi connectivity index (χ1v) is 5.32. The van der Waals surface area contributed by atoms with Gasteiger partial charge < -0.3 is 4.74 Å². The molecule has 0 aliphatic carbocycles. The molecule has 0 atom stereocenters. The summed E-state index contributed by atoms with van der Waals surface area (Å²) in [7, 11) is 0. The highest BCUT2D eigenvalue weighted by Crippen LogP contribution is 2.22. The molecule has 1 aromatic heterocycles. The number of carbonyl (C=O) groups is 1. The first kappa shape index (κ1) is 10.6. The molecule has 13 heavy (non-hydrogen) atoms. The fourth-order valence-corrected chi connectivity index (χ4v) is 2.08. The predicted octanol–water partition coefficient (Wildman–Crippen LogP) is 2.90. The lowest BCUT2D eigenvalue weighted by Gasteiger charge is -1.97. The van der Waals surface area contributed by atoms with Gasteiger partial charge in [-0.2, -0.15) is 0 Å². The molecular weight excluding hydrogens is 252 g/mol. The molecule has 2 nitrogen and oxygen atoms in total. The van der Waals surface area contributed by atoms with Gasteiger partial charge in [-0.15, -0.1) is 17.9 Å². The van der Waals surface area contributed by atoms with Gasteiger partial charge in [0.25, 0.3) is 0 Å². The number of ether oxygens (including phenoxy) is 1. The van der Waals surface area contributed by atoms with Crippen molar-refractivity contribution in [1.29, 1.82) is 0 Å². The first-order chi connectivity index (χ1) is 6.24. The fourth-order valence-electron chi connectivity index (χ4n) is 0.770. The van der Waals surface area contributed by atoms with Gasteiger partial charge in [0.2, 0.25) is 0 Å². The zero-order chi connectivity index (χ0) is 9.68. The van der Waals surface area contributed by atoms with Crippen LogP contribution in [0.2, 0.25) is 0 Å². The molecule has 0 aliphatic heterocycles. The Morgan fingerprint density at radius 1 is 1.69 bits per heavy atom. The number of ketones is 1. The van der Waals surface area contributed by atoms with E-state index in [0.29, 0.717) is 6.61 Å². The van der Waals surface area contributed by atoms with E-state index in [2.05, 4.69) is 22.5 Å². The minimum Gasteiger partial charge on any atom is -0.369 e. The molecule has 0 amide bonds. The van der Waals surface area contributed by atoms with Gasteiger partial charge in [0, 0.05) is 0 Å². The van der Waals surface area contributed by atoms with Crippen LogP contribution in [0.3, 0.4) is 0 Å². The molecule has 0 radical (unpaired) electrons. The average Bonchev–Trinajstić information content (AvgIpc) is 2.52. The Labute approximate surface area is 89.3 Å². The van der Waals surface area contributed by atoms with E-state index in [9.17, 15) is 4.79 Å². The van der Waals surface area contributed by atoms with Gasteiger partial charge in [-0.25, -0.2) is 0 Å². The summed E-state index contributed by atoms with van der Waals surface area (Å²) >= 11 is 4.71. The first-order valence-electron chi connectivity index (χ1n) is 3.71. The second kappa shape index (κ2) is 5.32. The maximum Gasteiger partial charge on any atom is 0.198 e. The van der Waals surface area contributed by atoms with E-state index in [4.69, 9.17) is 4.74 Å². The molecule has 0 unspecified atom stereocenters. The van der Waals surface area contributed by atoms with Crippen LogP contribution in [-0.2, 0) is 4.74 Å². The van der Waals surface area contributed by atoms with E-state index in [1.165, 1.54) is 11.3 Å². The number of rotatable bonds is 5. The van der Waals surface area contributed by atoms with Crippen molar-refractivity contribution in [2.24, 2.45) is 0 Å². The second-order valence-electron chi connectivity index (χ2n) is 2.33. The van der Waals surface area contributed by atoms with Crippen molar-refractivity contribution in [2.75, 3.05) is 13.2 Å². The summed E-state index contributed by atoms with van der Waals surface area (Å²) in [5.41, 5.74) is 0. The number of halogens is 1. The molecule has 0 saturated heterocycles. The Bertz CT molecular complexity index is 306. The Kier molecular flexibility index (Phi) is 4.35. The largest absolute Gasteiger partial charge is 0.369 e. The number of hydrogen-bond acceptors (Lipinski definition) is 3. The van der Waals surface area contributed by atoms with Gasteiger partial charge in [0.15, 0.2) is 5.78 Å². The standard InChI is InChI=1S/C9H9BrO2S/c1-2-5-12-6-7(11)8-3-4-9(10)13-8/h2-4H,1,5-6H2. The zero-order valence-corrected chi connectivity index (χ0v) is 9.36. The maximum atomic E-state index is 11.4. The summed E-state index contributed by atoms with van der Waals surface area (Å²) in [6.07, 6.45) is 1.62. The Hall–Kier alpha value is -0.450. The molecule has 1 heterocycles. The third-order valence-electron chi connectivity index (χ3n) is 1.32. The number of hydrogen-bond donors (Lipinski definition) is 0. The van der Waals surface area contributed by atoms with Crippen molar-refractivity contribution >= 4 is 33.0 Å². The Morgan fingerprint density at radius 2 is 2.46 bits per heavy atom. The summed E-state index contributed by atoms with van der Waals surface area (Å²) in [4.78, 5) is 12.1. The Morgan fingerprint density at radius 3 is 3.00 bits per heavy atom. The third kappa shape index (κ3) is 3.42. The molecule has 1 aromatic rings. The highest BCUT2D eigenvalue weighted by Gasteiger charge is 2.07. The topological polar surface area (TPSA) is 26.3 Å². The fraction of sp³-hybridized carbons (Fsp3) is 0.222. The smallest absolute Gasteiger partial charge is 0.198 e. The van der Waals surface area contributed by atoms with Gasteiger partial charge in [0.05, 0.1) is 15.3 Å². The van der Waals surface area contributed by atoms with Gasteiger partial charge in [-0.05, 0) is 28.1 Å². The zero-order valence-electron chi connectivity index (χ0n) is 6.96. The lowest BCUT2D eigenvalue weighted by molar-refractivity contribution is 0.0810. The maximum absolute atomic E-state index is 11.4. The summed E-state index contributed by atoms with van der Waals surface area (Å²) in [6, 6.07) is 3.64.